The van der Waals surface area contributed by atoms with E-state index >= 15 is 0 Å². The van der Waals surface area contributed by atoms with Gasteiger partial charge in [0.25, 0.3) is 0 Å². The van der Waals surface area contributed by atoms with Crippen LogP contribution in [0.5, 0.6) is 11.5 Å². The van der Waals surface area contributed by atoms with Crippen molar-refractivity contribution in [3.8, 4) is 17.6 Å². The molecule has 0 atom stereocenters. The lowest BCUT2D eigenvalue weighted by Gasteiger charge is -2.14. The average molecular weight is 414 g/mol. The number of carbonyl (C=O) groups excluding carboxylic acids is 1. The van der Waals surface area contributed by atoms with E-state index in [4.69, 9.17) is 10.00 Å². The summed E-state index contributed by atoms with van der Waals surface area (Å²) in [6.07, 6.45) is 7.53. The van der Waals surface area contributed by atoms with Crippen molar-refractivity contribution in [1.82, 2.24) is 20.2 Å². The molecule has 0 amide bonds. The highest BCUT2D eigenvalue weighted by molar-refractivity contribution is 5.97. The number of hydrogen-bond acceptors (Lipinski definition) is 7. The van der Waals surface area contributed by atoms with E-state index in [0.717, 1.165) is 50.8 Å². The van der Waals surface area contributed by atoms with Crippen molar-refractivity contribution in [2.45, 2.75) is 78.2 Å². The van der Waals surface area contributed by atoms with Crippen LogP contribution in [0.3, 0.4) is 0 Å². The number of carbonyl (C=O) groups is 1. The number of unbranched alkanes of at least 4 members (excludes halogenated alkanes) is 4. The Balaban J connectivity index is 1.69. The zero-order valence-electron chi connectivity index (χ0n) is 17.9. The number of aryl methyl sites for hydroxylation is 2. The van der Waals surface area contributed by atoms with E-state index in [-0.39, 0.29) is 11.5 Å². The molecular formula is C22H31N5O3. The van der Waals surface area contributed by atoms with Gasteiger partial charge in [0.15, 0.2) is 11.6 Å². The van der Waals surface area contributed by atoms with Crippen molar-refractivity contribution in [2.75, 3.05) is 6.61 Å². The summed E-state index contributed by atoms with van der Waals surface area (Å²) in [6.45, 7) is 4.68. The van der Waals surface area contributed by atoms with Gasteiger partial charge >= 0.3 is 0 Å². The zero-order valence-corrected chi connectivity index (χ0v) is 17.9. The molecule has 0 fully saturated rings. The molecule has 8 nitrogen and oxygen atoms in total. The number of phenolic OH excluding ortho intramolecular Hbond substituents is 1. The normalized spacial score (nSPS) is 10.7. The number of aromatic hydroxyl groups is 1. The molecular weight excluding hydrogens is 382 g/mol. The van der Waals surface area contributed by atoms with Gasteiger partial charge in [-0.25, -0.2) is 0 Å². The second-order valence-electron chi connectivity index (χ2n) is 7.32. The van der Waals surface area contributed by atoms with Crippen LogP contribution < -0.4 is 4.74 Å². The second kappa shape index (κ2) is 12.6. The topological polar surface area (TPSA) is 114 Å². The van der Waals surface area contributed by atoms with Crippen molar-refractivity contribution in [1.29, 1.82) is 5.26 Å². The van der Waals surface area contributed by atoms with Gasteiger partial charge in [-0.3, -0.25) is 4.79 Å². The van der Waals surface area contributed by atoms with E-state index in [2.05, 4.69) is 21.5 Å². The number of ether oxygens (including phenoxy) is 1. The number of nitriles is 1. The Kier molecular flexibility index (Phi) is 9.78. The minimum absolute atomic E-state index is 0.0509. The molecule has 1 heterocycles. The molecule has 162 valence electrons. The van der Waals surface area contributed by atoms with E-state index < -0.39 is 0 Å². The van der Waals surface area contributed by atoms with Crippen molar-refractivity contribution >= 4 is 5.78 Å². The molecule has 0 bridgehead atoms. The molecule has 2 rings (SSSR count). The van der Waals surface area contributed by atoms with Gasteiger partial charge in [0.1, 0.15) is 11.5 Å². The fraction of sp³-hybridized carbons (Fsp3) is 0.591. The first-order valence-corrected chi connectivity index (χ1v) is 10.7. The van der Waals surface area contributed by atoms with Crippen LogP contribution in [-0.2, 0) is 19.4 Å². The van der Waals surface area contributed by atoms with Crippen LogP contribution in [0.4, 0.5) is 0 Å². The van der Waals surface area contributed by atoms with Crippen LogP contribution in [-0.4, -0.2) is 37.7 Å². The Morgan fingerprint density at radius 1 is 1.20 bits per heavy atom. The van der Waals surface area contributed by atoms with Gasteiger partial charge in [0, 0.05) is 18.4 Å². The largest absolute Gasteiger partial charge is 0.507 e. The number of tetrazole rings is 1. The summed E-state index contributed by atoms with van der Waals surface area (Å²) in [5, 5.41) is 31.3. The Morgan fingerprint density at radius 3 is 2.73 bits per heavy atom. The second-order valence-corrected chi connectivity index (χ2v) is 7.32. The number of benzene rings is 1. The van der Waals surface area contributed by atoms with Crippen LogP contribution in [0, 0.1) is 11.3 Å². The molecule has 8 heteroatoms. The SMILES string of the molecule is CCCc1c(OCCCCCCc2nnn(CCCC#N)n2)ccc(C(C)=O)c1O. The van der Waals surface area contributed by atoms with E-state index in [9.17, 15) is 9.90 Å². The van der Waals surface area contributed by atoms with Gasteiger partial charge in [0.05, 0.1) is 24.8 Å². The molecule has 0 unspecified atom stereocenters. The van der Waals surface area contributed by atoms with Crippen molar-refractivity contribution in [3.63, 3.8) is 0 Å². The van der Waals surface area contributed by atoms with Gasteiger partial charge in [-0.05, 0) is 50.0 Å². The monoisotopic (exact) mass is 413 g/mol. The van der Waals surface area contributed by atoms with Crippen LogP contribution in [0.2, 0.25) is 0 Å². The minimum atomic E-state index is -0.145. The highest BCUT2D eigenvalue weighted by Gasteiger charge is 2.15. The first kappa shape index (κ1) is 23.3. The maximum atomic E-state index is 11.6. The van der Waals surface area contributed by atoms with Gasteiger partial charge in [-0.15, -0.1) is 10.2 Å². The smallest absolute Gasteiger partial charge is 0.174 e. The standard InChI is InChI=1S/C22H31N5O3/c1-3-10-19-20(13-12-18(17(2)28)22(19)29)30-16-9-5-4-6-11-21-24-26-27(25-21)15-8-7-14-23/h12-13,29H,3-11,15-16H2,1-2H3. The van der Waals surface area contributed by atoms with E-state index in [1.807, 2.05) is 6.92 Å². The lowest BCUT2D eigenvalue weighted by molar-refractivity contribution is 0.101. The van der Waals surface area contributed by atoms with Crippen molar-refractivity contribution in [2.24, 2.45) is 0 Å². The van der Waals surface area contributed by atoms with E-state index in [1.165, 1.54) is 6.92 Å². The van der Waals surface area contributed by atoms with Crippen LogP contribution in [0.15, 0.2) is 12.1 Å². The highest BCUT2D eigenvalue weighted by atomic mass is 16.5. The van der Waals surface area contributed by atoms with Crippen LogP contribution >= 0.6 is 0 Å². The maximum Gasteiger partial charge on any atom is 0.174 e. The van der Waals surface area contributed by atoms with Crippen molar-refractivity contribution < 1.29 is 14.6 Å². The summed E-state index contributed by atoms with van der Waals surface area (Å²) in [5.74, 6) is 1.31. The third-order valence-electron chi connectivity index (χ3n) is 4.81. The Morgan fingerprint density at radius 2 is 2.00 bits per heavy atom. The third kappa shape index (κ3) is 7.14. The minimum Gasteiger partial charge on any atom is -0.507 e. The number of hydrogen-bond donors (Lipinski definition) is 1. The van der Waals surface area contributed by atoms with Gasteiger partial charge in [-0.1, -0.05) is 26.2 Å². The molecule has 1 aromatic heterocycles. The van der Waals surface area contributed by atoms with Crippen LogP contribution in [0.1, 0.15) is 80.5 Å². The summed E-state index contributed by atoms with van der Waals surface area (Å²) in [7, 11) is 0. The molecule has 1 aromatic carbocycles. The number of rotatable bonds is 14. The molecule has 0 saturated carbocycles. The number of phenols is 1. The van der Waals surface area contributed by atoms with Crippen LogP contribution in [0.25, 0.3) is 0 Å². The Labute approximate surface area is 177 Å². The first-order chi connectivity index (χ1) is 14.6. The third-order valence-corrected chi connectivity index (χ3v) is 4.81. The molecule has 2 aromatic rings. The molecule has 0 aliphatic carbocycles. The molecule has 30 heavy (non-hydrogen) atoms. The summed E-state index contributed by atoms with van der Waals surface area (Å²) < 4.78 is 5.89. The fourth-order valence-corrected chi connectivity index (χ4v) is 3.22. The molecule has 0 aliphatic heterocycles. The lowest BCUT2D eigenvalue weighted by Crippen LogP contribution is -2.04. The predicted molar refractivity (Wildman–Crippen MR) is 112 cm³/mol. The number of aromatic nitrogens is 4. The van der Waals surface area contributed by atoms with E-state index in [0.29, 0.717) is 42.9 Å². The average Bonchev–Trinajstić information content (AvgIpc) is 3.17. The molecule has 0 radical (unpaired) electrons. The van der Waals surface area contributed by atoms with Crippen molar-refractivity contribution in [3.05, 3.63) is 29.1 Å². The molecule has 0 saturated heterocycles. The van der Waals surface area contributed by atoms with Gasteiger partial charge in [0.2, 0.25) is 0 Å². The maximum absolute atomic E-state index is 11.6. The molecule has 0 aliphatic rings. The quantitative estimate of drug-likeness (QED) is 0.367. The summed E-state index contributed by atoms with van der Waals surface area (Å²) in [4.78, 5) is 13.2. The number of Topliss-reactive ketones (excluding diaryl/α,β-unsaturated/α-hetero) is 1. The van der Waals surface area contributed by atoms with E-state index in [1.54, 1.807) is 16.9 Å². The summed E-state index contributed by atoms with van der Waals surface area (Å²) in [6, 6.07) is 5.52. The summed E-state index contributed by atoms with van der Waals surface area (Å²) >= 11 is 0. The predicted octanol–water partition coefficient (Wildman–Crippen LogP) is 4.02. The molecule has 0 spiro atoms. The van der Waals surface area contributed by atoms with Gasteiger partial charge in [-0.2, -0.15) is 10.1 Å². The Hall–Kier alpha value is -2.95. The zero-order chi connectivity index (χ0) is 21.8. The highest BCUT2D eigenvalue weighted by Crippen LogP contribution is 2.33. The number of ketones is 1. The molecule has 1 N–H and O–H groups in total. The summed E-state index contributed by atoms with van der Waals surface area (Å²) in [5.41, 5.74) is 1.07. The first-order valence-electron chi connectivity index (χ1n) is 10.7. The lowest BCUT2D eigenvalue weighted by atomic mass is 10.0. The Bertz CT molecular complexity index is 857. The van der Waals surface area contributed by atoms with Gasteiger partial charge < -0.3 is 9.84 Å². The fourth-order valence-electron chi connectivity index (χ4n) is 3.22. The number of nitrogens with zero attached hydrogens (tertiary/aromatic N) is 5.